The van der Waals surface area contributed by atoms with Crippen LogP contribution in [0.3, 0.4) is 0 Å². The predicted molar refractivity (Wildman–Crippen MR) is 103 cm³/mol. The first-order valence-electron chi connectivity index (χ1n) is 9.26. The van der Waals surface area contributed by atoms with Gasteiger partial charge < -0.3 is 14.9 Å². The van der Waals surface area contributed by atoms with Gasteiger partial charge in [0.25, 0.3) is 11.2 Å². The smallest absolute Gasteiger partial charge is 0.330 e. The first kappa shape index (κ1) is 22.5. The molecule has 2 heterocycles. The van der Waals surface area contributed by atoms with Crippen LogP contribution in [-0.2, 0) is 14.9 Å². The number of aromatic nitrogens is 2. The van der Waals surface area contributed by atoms with E-state index < -0.39 is 57.7 Å². The molecular formula is C19H20FN3O8. The molecule has 4 atom stereocenters. The van der Waals surface area contributed by atoms with Crippen molar-refractivity contribution in [3.8, 4) is 0 Å². The number of para-hydroxylation sites is 1. The molecule has 0 aliphatic carbocycles. The van der Waals surface area contributed by atoms with Crippen LogP contribution in [0.4, 0.5) is 10.1 Å². The zero-order valence-electron chi connectivity index (χ0n) is 16.5. The average molecular weight is 437 g/mol. The number of ether oxygens (including phenoxy) is 1. The summed E-state index contributed by atoms with van der Waals surface area (Å²) in [7, 11) is 0. The van der Waals surface area contributed by atoms with Gasteiger partial charge in [-0.1, -0.05) is 18.2 Å². The lowest BCUT2D eigenvalue weighted by Gasteiger charge is -2.29. The number of aliphatic hydroxyl groups excluding tert-OH is 2. The largest absolute Gasteiger partial charge is 0.390 e. The van der Waals surface area contributed by atoms with Gasteiger partial charge >= 0.3 is 5.69 Å². The van der Waals surface area contributed by atoms with E-state index in [-0.39, 0.29) is 17.7 Å². The molecule has 3 N–H and O–H groups in total. The maximum atomic E-state index is 13.6. The monoisotopic (exact) mass is 437 g/mol. The number of carbonyl (C=O) groups excluding carboxylic acids is 1. The van der Waals surface area contributed by atoms with E-state index in [2.05, 4.69) is 0 Å². The van der Waals surface area contributed by atoms with Gasteiger partial charge in [-0.25, -0.2) is 4.79 Å². The van der Waals surface area contributed by atoms with Gasteiger partial charge in [-0.2, -0.15) is 4.39 Å². The van der Waals surface area contributed by atoms with Crippen molar-refractivity contribution < 1.29 is 29.1 Å². The molecule has 0 bridgehead atoms. The van der Waals surface area contributed by atoms with Crippen molar-refractivity contribution in [1.82, 2.24) is 9.55 Å². The van der Waals surface area contributed by atoms with Gasteiger partial charge in [0.05, 0.1) is 22.6 Å². The van der Waals surface area contributed by atoms with E-state index in [0.29, 0.717) is 10.8 Å². The fourth-order valence-corrected chi connectivity index (χ4v) is 3.62. The van der Waals surface area contributed by atoms with Crippen LogP contribution < -0.4 is 11.2 Å². The van der Waals surface area contributed by atoms with Crippen LogP contribution in [0.2, 0.25) is 0 Å². The van der Waals surface area contributed by atoms with Gasteiger partial charge in [0, 0.05) is 18.1 Å². The summed E-state index contributed by atoms with van der Waals surface area (Å²) in [5, 5.41) is 32.3. The van der Waals surface area contributed by atoms with Crippen molar-refractivity contribution in [2.75, 3.05) is 0 Å². The molecule has 0 amide bonds. The Morgan fingerprint density at radius 1 is 1.39 bits per heavy atom. The standard InChI is InChI=1S/C19H20FN3O8/c1-19(2,9-5-3-4-6-11(9)23(29)30)16(26)14(25)15-12(24)7-13(31-15)22-8-10(20)17(27)21-18(22)28/h3-6,8,12-15,24-25H,7H2,1-2H3,(H,21,27,28)/t12-,13+,14?,15-/m0/s1. The molecular weight excluding hydrogens is 417 g/mol. The van der Waals surface area contributed by atoms with E-state index >= 15 is 0 Å². The van der Waals surface area contributed by atoms with E-state index in [4.69, 9.17) is 4.74 Å². The first-order valence-corrected chi connectivity index (χ1v) is 9.26. The molecule has 1 aromatic carbocycles. The van der Waals surface area contributed by atoms with Gasteiger partial charge in [0.2, 0.25) is 5.82 Å². The van der Waals surface area contributed by atoms with Crippen LogP contribution in [0.1, 0.15) is 32.1 Å². The molecule has 1 aliphatic rings. The van der Waals surface area contributed by atoms with Crippen LogP contribution in [-0.4, -0.2) is 48.8 Å². The Labute approximate surface area is 173 Å². The number of halogens is 1. The molecule has 2 aromatic rings. The summed E-state index contributed by atoms with van der Waals surface area (Å²) in [6, 6.07) is 5.57. The third-order valence-electron chi connectivity index (χ3n) is 5.34. The number of carbonyl (C=O) groups is 1. The fraction of sp³-hybridized carbons (Fsp3) is 0.421. The Bertz CT molecular complexity index is 1140. The molecule has 0 spiro atoms. The van der Waals surface area contributed by atoms with Crippen LogP contribution in [0.15, 0.2) is 40.1 Å². The maximum absolute atomic E-state index is 13.6. The third kappa shape index (κ3) is 4.04. The molecule has 1 fully saturated rings. The van der Waals surface area contributed by atoms with E-state index in [9.17, 15) is 39.1 Å². The summed E-state index contributed by atoms with van der Waals surface area (Å²) in [5.41, 5.74) is -3.99. The predicted octanol–water partition coefficient (Wildman–Crippen LogP) is 0.140. The molecule has 0 radical (unpaired) electrons. The Kier molecular flexibility index (Phi) is 5.89. The van der Waals surface area contributed by atoms with Crippen LogP contribution in [0, 0.1) is 15.9 Å². The molecule has 31 heavy (non-hydrogen) atoms. The Hall–Kier alpha value is -3.22. The SMILES string of the molecule is CC(C)(C(=O)C(O)[C@H]1O[C@@H](n2cc(F)c(=O)[nH]c2=O)C[C@@H]1O)c1ccccc1[N+](=O)[O-]. The second-order valence-electron chi connectivity index (χ2n) is 7.71. The van der Waals surface area contributed by atoms with Gasteiger partial charge in [0.15, 0.2) is 5.78 Å². The minimum atomic E-state index is -1.90. The summed E-state index contributed by atoms with van der Waals surface area (Å²) in [6.45, 7) is 2.78. The highest BCUT2D eigenvalue weighted by molar-refractivity contribution is 5.94. The summed E-state index contributed by atoms with van der Waals surface area (Å²) in [5.74, 6) is -2.11. The van der Waals surface area contributed by atoms with Crippen molar-refractivity contribution in [1.29, 1.82) is 0 Å². The number of aliphatic hydroxyl groups is 2. The normalized spacial score (nSPS) is 22.3. The maximum Gasteiger partial charge on any atom is 0.330 e. The molecule has 166 valence electrons. The second-order valence-corrected chi connectivity index (χ2v) is 7.71. The number of aromatic amines is 1. The van der Waals surface area contributed by atoms with Gasteiger partial charge in [-0.15, -0.1) is 0 Å². The van der Waals surface area contributed by atoms with Crippen LogP contribution in [0.5, 0.6) is 0 Å². The van der Waals surface area contributed by atoms with E-state index in [1.165, 1.54) is 38.1 Å². The Morgan fingerprint density at radius 3 is 2.68 bits per heavy atom. The summed E-state index contributed by atoms with van der Waals surface area (Å²) < 4.78 is 19.7. The van der Waals surface area contributed by atoms with E-state index in [1.54, 1.807) is 4.98 Å². The van der Waals surface area contributed by atoms with Gasteiger partial charge in [0.1, 0.15) is 18.4 Å². The number of H-pyrrole nitrogens is 1. The van der Waals surface area contributed by atoms with Crippen molar-refractivity contribution in [2.45, 2.75) is 50.2 Å². The lowest BCUT2D eigenvalue weighted by atomic mass is 9.76. The zero-order valence-corrected chi connectivity index (χ0v) is 16.5. The quantitative estimate of drug-likeness (QED) is 0.424. The average Bonchev–Trinajstić information content (AvgIpc) is 3.10. The lowest BCUT2D eigenvalue weighted by Crippen LogP contribution is -2.47. The number of benzene rings is 1. The Balaban J connectivity index is 1.88. The summed E-state index contributed by atoms with van der Waals surface area (Å²) >= 11 is 0. The van der Waals surface area contributed by atoms with Crippen LogP contribution >= 0.6 is 0 Å². The van der Waals surface area contributed by atoms with Gasteiger partial charge in [-0.05, 0) is 13.8 Å². The number of hydrogen-bond acceptors (Lipinski definition) is 8. The van der Waals surface area contributed by atoms with Crippen molar-refractivity contribution in [2.24, 2.45) is 0 Å². The number of Topliss-reactive ketones (excluding diaryl/α,β-unsaturated/α-hetero) is 1. The number of nitrogens with one attached hydrogen (secondary N) is 1. The minimum absolute atomic E-state index is 0.0620. The molecule has 1 saturated heterocycles. The van der Waals surface area contributed by atoms with Gasteiger partial charge in [-0.3, -0.25) is 29.3 Å². The van der Waals surface area contributed by atoms with Crippen molar-refractivity contribution in [3.05, 3.63) is 72.8 Å². The first-order chi connectivity index (χ1) is 14.4. The summed E-state index contributed by atoms with van der Waals surface area (Å²) in [4.78, 5) is 48.6. The Morgan fingerprint density at radius 2 is 2.03 bits per heavy atom. The topological polar surface area (TPSA) is 165 Å². The molecule has 11 nitrogen and oxygen atoms in total. The highest BCUT2D eigenvalue weighted by Crippen LogP contribution is 2.36. The summed E-state index contributed by atoms with van der Waals surface area (Å²) in [6.07, 6.45) is -5.72. The molecule has 12 heteroatoms. The molecule has 0 saturated carbocycles. The number of ketones is 1. The number of nitro benzene ring substituents is 1. The number of nitrogens with zero attached hydrogens (tertiary/aromatic N) is 2. The van der Waals surface area contributed by atoms with E-state index in [0.717, 1.165) is 0 Å². The van der Waals surface area contributed by atoms with E-state index in [1.807, 2.05) is 0 Å². The van der Waals surface area contributed by atoms with Crippen molar-refractivity contribution >= 4 is 11.5 Å². The highest BCUT2D eigenvalue weighted by Gasteiger charge is 2.47. The lowest BCUT2D eigenvalue weighted by molar-refractivity contribution is -0.385. The third-order valence-corrected chi connectivity index (χ3v) is 5.34. The molecule has 1 aromatic heterocycles. The number of rotatable bonds is 6. The fourth-order valence-electron chi connectivity index (χ4n) is 3.62. The molecule has 3 rings (SSSR count). The second kappa shape index (κ2) is 8.13. The highest BCUT2D eigenvalue weighted by atomic mass is 19.1. The minimum Gasteiger partial charge on any atom is -0.390 e. The number of hydrogen-bond donors (Lipinski definition) is 3. The molecule has 1 aliphatic heterocycles. The number of nitro groups is 1. The zero-order chi connectivity index (χ0) is 23.1. The van der Waals surface area contributed by atoms with Crippen molar-refractivity contribution in [3.63, 3.8) is 0 Å². The van der Waals surface area contributed by atoms with Crippen LogP contribution in [0.25, 0.3) is 0 Å². The molecule has 1 unspecified atom stereocenters.